The van der Waals surface area contributed by atoms with E-state index in [1.807, 2.05) is 48.5 Å². The third-order valence-electron chi connectivity index (χ3n) is 5.25. The average molecular weight is 446 g/mol. The number of aromatic nitrogens is 2. The quantitative estimate of drug-likeness (QED) is 0.631. The number of fused-ring (bicyclic) bond motifs is 1. The van der Waals surface area contributed by atoms with Crippen molar-refractivity contribution in [2.45, 2.75) is 38.8 Å². The number of rotatable bonds is 4. The number of carbonyl (C=O) groups excluding carboxylic acids is 2. The molecule has 33 heavy (non-hydrogen) atoms. The number of nitrogen functional groups attached to an aromatic ring is 1. The van der Waals surface area contributed by atoms with E-state index in [4.69, 9.17) is 10.5 Å². The number of benzene rings is 2. The summed E-state index contributed by atoms with van der Waals surface area (Å²) in [7, 11) is 0. The molecule has 0 aliphatic carbocycles. The van der Waals surface area contributed by atoms with Gasteiger partial charge in [-0.05, 0) is 56.5 Å². The van der Waals surface area contributed by atoms with E-state index in [-0.39, 0.29) is 11.9 Å². The minimum atomic E-state index is -0.867. The third-order valence-corrected chi connectivity index (χ3v) is 5.25. The monoisotopic (exact) mass is 445 g/mol. The van der Waals surface area contributed by atoms with Gasteiger partial charge in [0.05, 0.1) is 5.69 Å². The first-order valence-corrected chi connectivity index (χ1v) is 10.8. The number of carbonyl (C=O) groups is 2. The van der Waals surface area contributed by atoms with Crippen LogP contribution >= 0.6 is 0 Å². The molecule has 8 heteroatoms. The van der Waals surface area contributed by atoms with Crippen molar-refractivity contribution in [3.05, 3.63) is 71.9 Å². The van der Waals surface area contributed by atoms with Gasteiger partial charge >= 0.3 is 6.09 Å². The Morgan fingerprint density at radius 1 is 1.12 bits per heavy atom. The largest absolute Gasteiger partial charge is 0.444 e. The predicted octanol–water partition coefficient (Wildman–Crippen LogP) is 3.88. The molecule has 1 aromatic heterocycles. The van der Waals surface area contributed by atoms with Crippen LogP contribution in [0.4, 0.5) is 16.4 Å². The molecule has 0 saturated heterocycles. The molecule has 2 heterocycles. The maximum Gasteiger partial charge on any atom is 0.408 e. The molecule has 1 aliphatic heterocycles. The summed E-state index contributed by atoms with van der Waals surface area (Å²) in [6, 6.07) is 15.9. The fourth-order valence-electron chi connectivity index (χ4n) is 3.84. The minimum Gasteiger partial charge on any atom is -0.444 e. The summed E-state index contributed by atoms with van der Waals surface area (Å²) in [6.45, 7) is 5.87. The van der Waals surface area contributed by atoms with Gasteiger partial charge in [0.2, 0.25) is 5.95 Å². The van der Waals surface area contributed by atoms with Gasteiger partial charge in [-0.25, -0.2) is 14.8 Å². The van der Waals surface area contributed by atoms with Gasteiger partial charge in [0.25, 0.3) is 5.91 Å². The van der Waals surface area contributed by atoms with E-state index in [0.29, 0.717) is 18.5 Å². The highest BCUT2D eigenvalue weighted by Crippen LogP contribution is 2.34. The molecule has 3 aromatic rings. The molecule has 0 bridgehead atoms. The Hall–Kier alpha value is -3.94. The van der Waals surface area contributed by atoms with Gasteiger partial charge in [-0.2, -0.15) is 0 Å². The molecule has 0 radical (unpaired) electrons. The number of ether oxygens (including phenoxy) is 1. The number of amides is 2. The van der Waals surface area contributed by atoms with E-state index in [2.05, 4.69) is 15.3 Å². The first-order valence-electron chi connectivity index (χ1n) is 10.8. The van der Waals surface area contributed by atoms with Crippen molar-refractivity contribution in [2.75, 3.05) is 17.2 Å². The average Bonchev–Trinajstić information content (AvgIpc) is 3.20. The van der Waals surface area contributed by atoms with Gasteiger partial charge in [-0.15, -0.1) is 0 Å². The highest BCUT2D eigenvalue weighted by atomic mass is 16.6. The van der Waals surface area contributed by atoms with Crippen LogP contribution in [0.25, 0.3) is 11.3 Å². The molecular weight excluding hydrogens is 418 g/mol. The molecule has 2 aromatic carbocycles. The molecular formula is C25H27N5O3. The second-order valence-corrected chi connectivity index (χ2v) is 8.87. The zero-order valence-corrected chi connectivity index (χ0v) is 18.9. The molecule has 0 spiro atoms. The maximum absolute atomic E-state index is 13.6. The van der Waals surface area contributed by atoms with Crippen molar-refractivity contribution >= 4 is 23.6 Å². The standard InChI is InChI=1S/C25H27N5O3/c1-25(2,3)33-24(32)29-21(16-7-5-4-6-8-16)22(31)30-14-12-18-15-17(9-10-20(18)30)19-11-13-27-23(26)28-19/h4-11,13,15,21H,12,14H2,1-3H3,(H,29,32)(H2,26,27,28)/t21-/m1/s1. The fourth-order valence-corrected chi connectivity index (χ4v) is 3.84. The van der Waals surface area contributed by atoms with Gasteiger partial charge in [0.15, 0.2) is 0 Å². The van der Waals surface area contributed by atoms with Gasteiger partial charge < -0.3 is 20.7 Å². The Morgan fingerprint density at radius 3 is 2.58 bits per heavy atom. The van der Waals surface area contributed by atoms with E-state index in [0.717, 1.165) is 22.5 Å². The Kier molecular flexibility index (Phi) is 6.00. The van der Waals surface area contributed by atoms with Crippen LogP contribution in [-0.4, -0.2) is 34.1 Å². The van der Waals surface area contributed by atoms with E-state index >= 15 is 0 Å². The van der Waals surface area contributed by atoms with Crippen LogP contribution < -0.4 is 16.0 Å². The third kappa shape index (κ3) is 5.11. The van der Waals surface area contributed by atoms with Gasteiger partial charge in [0, 0.05) is 24.0 Å². The van der Waals surface area contributed by atoms with Gasteiger partial charge in [-0.3, -0.25) is 4.79 Å². The number of alkyl carbamates (subject to hydrolysis) is 1. The van der Waals surface area contributed by atoms with Crippen molar-refractivity contribution < 1.29 is 14.3 Å². The predicted molar refractivity (Wildman–Crippen MR) is 126 cm³/mol. The molecule has 8 nitrogen and oxygen atoms in total. The lowest BCUT2D eigenvalue weighted by Gasteiger charge is -2.27. The van der Waals surface area contributed by atoms with Crippen molar-refractivity contribution in [1.82, 2.24) is 15.3 Å². The zero-order valence-electron chi connectivity index (χ0n) is 18.9. The van der Waals surface area contributed by atoms with Crippen LogP contribution in [0.1, 0.15) is 37.9 Å². The van der Waals surface area contributed by atoms with E-state index in [1.165, 1.54) is 0 Å². The molecule has 0 saturated carbocycles. The molecule has 3 N–H and O–H groups in total. The summed E-state index contributed by atoms with van der Waals surface area (Å²) in [5.41, 5.74) is 9.21. The number of hydrogen-bond acceptors (Lipinski definition) is 6. The van der Waals surface area contributed by atoms with Crippen LogP contribution in [0.5, 0.6) is 0 Å². The number of hydrogen-bond donors (Lipinski definition) is 2. The zero-order chi connectivity index (χ0) is 23.6. The summed E-state index contributed by atoms with van der Waals surface area (Å²) >= 11 is 0. The SMILES string of the molecule is CC(C)(C)OC(=O)N[C@@H](C(=O)N1CCc2cc(-c3ccnc(N)n3)ccc21)c1ccccc1. The summed E-state index contributed by atoms with van der Waals surface area (Å²) in [4.78, 5) is 36.1. The second-order valence-electron chi connectivity index (χ2n) is 8.87. The van der Waals surface area contributed by atoms with E-state index in [9.17, 15) is 9.59 Å². The van der Waals surface area contributed by atoms with Crippen LogP contribution in [0, 0.1) is 0 Å². The summed E-state index contributed by atoms with van der Waals surface area (Å²) in [5, 5.41) is 2.76. The maximum atomic E-state index is 13.6. The molecule has 2 amide bonds. The Morgan fingerprint density at radius 2 is 1.88 bits per heavy atom. The van der Waals surface area contributed by atoms with Gasteiger partial charge in [0.1, 0.15) is 11.6 Å². The Balaban J connectivity index is 1.61. The van der Waals surface area contributed by atoms with Crippen molar-refractivity contribution in [2.24, 2.45) is 0 Å². The normalized spacial score (nSPS) is 13.8. The smallest absolute Gasteiger partial charge is 0.408 e. The van der Waals surface area contributed by atoms with Crippen LogP contribution in [-0.2, 0) is 16.0 Å². The lowest BCUT2D eigenvalue weighted by molar-refractivity contribution is -0.120. The Bertz CT molecular complexity index is 1170. The minimum absolute atomic E-state index is 0.212. The molecule has 4 rings (SSSR count). The highest BCUT2D eigenvalue weighted by Gasteiger charge is 2.33. The summed E-state index contributed by atoms with van der Waals surface area (Å²) < 4.78 is 5.40. The second kappa shape index (κ2) is 8.90. The van der Waals surface area contributed by atoms with E-state index in [1.54, 1.807) is 37.9 Å². The van der Waals surface area contributed by atoms with Crippen molar-refractivity contribution in [1.29, 1.82) is 0 Å². The van der Waals surface area contributed by atoms with Crippen LogP contribution in [0.3, 0.4) is 0 Å². The molecule has 0 fully saturated rings. The first kappa shape index (κ1) is 22.3. The van der Waals surface area contributed by atoms with Crippen molar-refractivity contribution in [3.8, 4) is 11.3 Å². The molecule has 1 atom stereocenters. The summed E-state index contributed by atoms with van der Waals surface area (Å²) in [6.07, 6.45) is 1.68. The number of nitrogens with two attached hydrogens (primary N) is 1. The number of nitrogens with zero attached hydrogens (tertiary/aromatic N) is 3. The fraction of sp³-hybridized carbons (Fsp3) is 0.280. The lowest BCUT2D eigenvalue weighted by atomic mass is 10.0. The molecule has 1 aliphatic rings. The number of nitrogens with one attached hydrogen (secondary N) is 1. The first-order chi connectivity index (χ1) is 15.7. The lowest BCUT2D eigenvalue weighted by Crippen LogP contribution is -2.44. The van der Waals surface area contributed by atoms with Crippen LogP contribution in [0.15, 0.2) is 60.8 Å². The topological polar surface area (TPSA) is 110 Å². The summed E-state index contributed by atoms with van der Waals surface area (Å²) in [5.74, 6) is -0.00596. The van der Waals surface area contributed by atoms with E-state index < -0.39 is 17.7 Å². The molecule has 0 unspecified atom stereocenters. The van der Waals surface area contributed by atoms with Gasteiger partial charge in [-0.1, -0.05) is 36.4 Å². The molecule has 170 valence electrons. The van der Waals surface area contributed by atoms with Crippen LogP contribution in [0.2, 0.25) is 0 Å². The Labute approximate surface area is 192 Å². The van der Waals surface area contributed by atoms with Crippen molar-refractivity contribution in [3.63, 3.8) is 0 Å². The highest BCUT2D eigenvalue weighted by molar-refractivity contribution is 6.01. The number of anilines is 2.